The summed E-state index contributed by atoms with van der Waals surface area (Å²) in [7, 11) is 0. The van der Waals surface area contributed by atoms with Crippen molar-refractivity contribution < 1.29 is 9.90 Å². The zero-order valence-electron chi connectivity index (χ0n) is 6.13. The van der Waals surface area contributed by atoms with E-state index in [0.717, 1.165) is 0 Å². The van der Waals surface area contributed by atoms with E-state index in [1.54, 1.807) is 0 Å². The summed E-state index contributed by atoms with van der Waals surface area (Å²) in [5.41, 5.74) is 4.82. The molecule has 0 aromatic heterocycles. The molecule has 0 saturated heterocycles. The highest BCUT2D eigenvalue weighted by Gasteiger charge is 2.00. The van der Waals surface area contributed by atoms with Crippen LogP contribution >= 0.6 is 0 Å². The molecule has 4 heteroatoms. The maximum Gasteiger partial charge on any atom is 0.312 e. The van der Waals surface area contributed by atoms with Crippen molar-refractivity contribution in [3.8, 4) is 0 Å². The van der Waals surface area contributed by atoms with Crippen LogP contribution in [0.5, 0.6) is 0 Å². The van der Waals surface area contributed by atoms with E-state index in [4.69, 9.17) is 10.8 Å². The zero-order valence-corrected chi connectivity index (χ0v) is 6.13. The number of aliphatic hydroxyl groups excluding tert-OH is 1. The van der Waals surface area contributed by atoms with Gasteiger partial charge >= 0.3 is 6.03 Å². The van der Waals surface area contributed by atoms with Gasteiger partial charge in [0.25, 0.3) is 0 Å². The lowest BCUT2D eigenvalue weighted by molar-refractivity contribution is 0.240. The molecule has 4 N–H and O–H groups in total. The van der Waals surface area contributed by atoms with Crippen molar-refractivity contribution in [2.45, 2.75) is 13.3 Å². The Hall–Kier alpha value is -0.770. The minimum Gasteiger partial charge on any atom is -0.396 e. The second-order valence-electron chi connectivity index (χ2n) is 2.36. The van der Waals surface area contributed by atoms with Crippen molar-refractivity contribution in [3.63, 3.8) is 0 Å². The van der Waals surface area contributed by atoms with E-state index in [9.17, 15) is 4.79 Å². The Morgan fingerprint density at radius 2 is 2.40 bits per heavy atom. The number of nitrogens with one attached hydrogen (secondary N) is 1. The lowest BCUT2D eigenvalue weighted by atomic mass is 10.1. The van der Waals surface area contributed by atoms with Gasteiger partial charge in [-0.05, 0) is 12.3 Å². The molecule has 4 nitrogen and oxygen atoms in total. The van der Waals surface area contributed by atoms with Crippen LogP contribution < -0.4 is 11.1 Å². The molecule has 0 aliphatic carbocycles. The van der Waals surface area contributed by atoms with E-state index in [2.05, 4.69) is 5.32 Å². The van der Waals surface area contributed by atoms with Crippen molar-refractivity contribution in [1.82, 2.24) is 5.32 Å². The van der Waals surface area contributed by atoms with E-state index in [1.165, 1.54) is 0 Å². The first-order chi connectivity index (χ1) is 4.66. The Morgan fingerprint density at radius 1 is 1.80 bits per heavy atom. The summed E-state index contributed by atoms with van der Waals surface area (Å²) in [6, 6.07) is -0.509. The standard InChI is InChI=1S/C6H14N2O2/c1-5(2-3-9)4-8-6(7)10/h5,9H,2-4H2,1H3,(H3,7,8,10). The number of hydrogen-bond acceptors (Lipinski definition) is 2. The second-order valence-corrected chi connectivity index (χ2v) is 2.36. The summed E-state index contributed by atoms with van der Waals surface area (Å²) in [4.78, 5) is 10.2. The molecule has 2 amide bonds. The molecular weight excluding hydrogens is 132 g/mol. The van der Waals surface area contributed by atoms with E-state index < -0.39 is 6.03 Å². The number of carbonyl (C=O) groups excluding carboxylic acids is 1. The van der Waals surface area contributed by atoms with Gasteiger partial charge in [0.05, 0.1) is 0 Å². The second kappa shape index (κ2) is 5.05. The molecule has 0 fully saturated rings. The summed E-state index contributed by atoms with van der Waals surface area (Å²) in [6.07, 6.45) is 0.695. The highest BCUT2D eigenvalue weighted by molar-refractivity contribution is 5.71. The third-order valence-electron chi connectivity index (χ3n) is 1.25. The SMILES string of the molecule is CC(CCO)CNC(N)=O. The molecule has 0 aromatic rings. The van der Waals surface area contributed by atoms with E-state index >= 15 is 0 Å². The van der Waals surface area contributed by atoms with Gasteiger partial charge in [-0.15, -0.1) is 0 Å². The normalized spacial score (nSPS) is 12.6. The summed E-state index contributed by atoms with van der Waals surface area (Å²) in [5, 5.41) is 10.9. The van der Waals surface area contributed by atoms with Crippen LogP contribution in [0.1, 0.15) is 13.3 Å². The van der Waals surface area contributed by atoms with Crippen LogP contribution in [-0.4, -0.2) is 24.3 Å². The Kier molecular flexibility index (Phi) is 4.66. The van der Waals surface area contributed by atoms with Crippen molar-refractivity contribution >= 4 is 6.03 Å². The van der Waals surface area contributed by atoms with Crippen molar-refractivity contribution in [2.24, 2.45) is 11.7 Å². The predicted octanol–water partition coefficient (Wildman–Crippen LogP) is -0.327. The zero-order chi connectivity index (χ0) is 7.98. The van der Waals surface area contributed by atoms with Crippen LogP contribution in [0.3, 0.4) is 0 Å². The topological polar surface area (TPSA) is 75.3 Å². The average molecular weight is 146 g/mol. The lowest BCUT2D eigenvalue weighted by Gasteiger charge is -2.08. The first-order valence-electron chi connectivity index (χ1n) is 3.31. The number of aliphatic hydroxyl groups is 1. The highest BCUT2D eigenvalue weighted by Crippen LogP contribution is 1.96. The van der Waals surface area contributed by atoms with Crippen LogP contribution in [0.4, 0.5) is 4.79 Å². The molecule has 0 heterocycles. The van der Waals surface area contributed by atoms with Crippen molar-refractivity contribution in [3.05, 3.63) is 0 Å². The van der Waals surface area contributed by atoms with Gasteiger partial charge in [0.15, 0.2) is 0 Å². The van der Waals surface area contributed by atoms with Gasteiger partial charge in [-0.2, -0.15) is 0 Å². The molecule has 1 atom stereocenters. The molecule has 0 radical (unpaired) electrons. The van der Waals surface area contributed by atoms with E-state index in [-0.39, 0.29) is 12.5 Å². The molecule has 0 spiro atoms. The fourth-order valence-electron chi connectivity index (χ4n) is 0.597. The molecule has 0 bridgehead atoms. The number of amides is 2. The number of rotatable bonds is 4. The molecule has 0 aliphatic rings. The summed E-state index contributed by atoms with van der Waals surface area (Å²) >= 11 is 0. The average Bonchev–Trinajstić information content (AvgIpc) is 1.85. The summed E-state index contributed by atoms with van der Waals surface area (Å²) in [6.45, 7) is 2.63. The Labute approximate surface area is 60.4 Å². The van der Waals surface area contributed by atoms with Crippen LogP contribution in [0.25, 0.3) is 0 Å². The Balaban J connectivity index is 3.21. The van der Waals surface area contributed by atoms with Crippen molar-refractivity contribution in [2.75, 3.05) is 13.2 Å². The maximum absolute atomic E-state index is 10.2. The largest absolute Gasteiger partial charge is 0.396 e. The smallest absolute Gasteiger partial charge is 0.312 e. The fourth-order valence-corrected chi connectivity index (χ4v) is 0.597. The molecule has 0 aromatic carbocycles. The van der Waals surface area contributed by atoms with Gasteiger partial charge in [-0.25, -0.2) is 4.79 Å². The number of carbonyl (C=O) groups is 1. The van der Waals surface area contributed by atoms with Crippen LogP contribution in [-0.2, 0) is 0 Å². The number of urea groups is 1. The third-order valence-corrected chi connectivity index (χ3v) is 1.25. The molecule has 10 heavy (non-hydrogen) atoms. The minimum atomic E-state index is -0.509. The molecule has 0 saturated carbocycles. The fraction of sp³-hybridized carbons (Fsp3) is 0.833. The molecule has 60 valence electrons. The van der Waals surface area contributed by atoms with Crippen LogP contribution in [0.15, 0.2) is 0 Å². The van der Waals surface area contributed by atoms with E-state index in [0.29, 0.717) is 13.0 Å². The lowest BCUT2D eigenvalue weighted by Crippen LogP contribution is -2.33. The maximum atomic E-state index is 10.2. The summed E-state index contributed by atoms with van der Waals surface area (Å²) in [5.74, 6) is 0.289. The predicted molar refractivity (Wildman–Crippen MR) is 38.5 cm³/mol. The molecular formula is C6H14N2O2. The third kappa shape index (κ3) is 5.37. The highest BCUT2D eigenvalue weighted by atomic mass is 16.3. The van der Waals surface area contributed by atoms with Gasteiger partial charge < -0.3 is 16.2 Å². The number of hydrogen-bond donors (Lipinski definition) is 3. The van der Waals surface area contributed by atoms with Gasteiger partial charge in [0, 0.05) is 13.2 Å². The monoisotopic (exact) mass is 146 g/mol. The van der Waals surface area contributed by atoms with Crippen LogP contribution in [0.2, 0.25) is 0 Å². The van der Waals surface area contributed by atoms with Crippen molar-refractivity contribution in [1.29, 1.82) is 0 Å². The number of nitrogens with two attached hydrogens (primary N) is 1. The number of primary amides is 1. The molecule has 0 rings (SSSR count). The van der Waals surface area contributed by atoms with E-state index in [1.807, 2.05) is 6.92 Å². The Bertz CT molecular complexity index is 106. The Morgan fingerprint density at radius 3 is 2.80 bits per heavy atom. The van der Waals surface area contributed by atoms with Gasteiger partial charge in [-0.1, -0.05) is 6.92 Å². The first kappa shape index (κ1) is 9.23. The molecule has 1 unspecified atom stereocenters. The van der Waals surface area contributed by atoms with Gasteiger partial charge in [0.2, 0.25) is 0 Å². The van der Waals surface area contributed by atoms with Gasteiger partial charge in [-0.3, -0.25) is 0 Å². The van der Waals surface area contributed by atoms with Crippen LogP contribution in [0, 0.1) is 5.92 Å². The molecule has 0 aliphatic heterocycles. The quantitative estimate of drug-likeness (QED) is 0.508. The summed E-state index contributed by atoms with van der Waals surface area (Å²) < 4.78 is 0. The first-order valence-corrected chi connectivity index (χ1v) is 3.31. The van der Waals surface area contributed by atoms with Gasteiger partial charge in [0.1, 0.15) is 0 Å². The minimum absolute atomic E-state index is 0.154.